The summed E-state index contributed by atoms with van der Waals surface area (Å²) in [4.78, 5) is 8.97. The van der Waals surface area contributed by atoms with Gasteiger partial charge in [-0.3, -0.25) is 0 Å². The number of guanidine groups is 1. The normalized spacial score (nSPS) is 13.4. The lowest BCUT2D eigenvalue weighted by atomic mass is 9.89. The van der Waals surface area contributed by atoms with Crippen LogP contribution in [-0.4, -0.2) is 43.9 Å². The van der Waals surface area contributed by atoms with E-state index in [-0.39, 0.29) is 11.5 Å². The Morgan fingerprint density at radius 2 is 2.04 bits per heavy atom. The van der Waals surface area contributed by atoms with E-state index in [9.17, 15) is 0 Å². The number of rotatable bonds is 9. The van der Waals surface area contributed by atoms with Crippen molar-refractivity contribution in [1.29, 1.82) is 0 Å². The van der Waals surface area contributed by atoms with Crippen LogP contribution in [0.25, 0.3) is 0 Å². The first-order valence-corrected chi connectivity index (χ1v) is 9.04. The Morgan fingerprint density at radius 1 is 1.28 bits per heavy atom. The van der Waals surface area contributed by atoms with Crippen LogP contribution >= 0.6 is 0 Å². The van der Waals surface area contributed by atoms with E-state index in [1.165, 1.54) is 0 Å². The van der Waals surface area contributed by atoms with E-state index in [0.29, 0.717) is 25.6 Å². The summed E-state index contributed by atoms with van der Waals surface area (Å²) >= 11 is 0. The number of hydrogen-bond donors (Lipinski definition) is 2. The minimum Gasteiger partial charge on any atom is -0.477 e. The molecule has 0 aliphatic heterocycles. The Bertz CT molecular complexity index is 526. The van der Waals surface area contributed by atoms with Crippen molar-refractivity contribution >= 4 is 5.96 Å². The third kappa shape index (κ3) is 7.73. The van der Waals surface area contributed by atoms with Crippen LogP contribution in [0.3, 0.4) is 0 Å². The number of hydrogen-bond acceptors (Lipinski definition) is 4. The Morgan fingerprint density at radius 3 is 2.64 bits per heavy atom. The van der Waals surface area contributed by atoms with Crippen molar-refractivity contribution in [1.82, 2.24) is 15.6 Å². The highest BCUT2D eigenvalue weighted by Crippen LogP contribution is 2.21. The zero-order valence-electron chi connectivity index (χ0n) is 16.6. The molecule has 0 bridgehead atoms. The summed E-state index contributed by atoms with van der Waals surface area (Å²) in [5.74, 6) is 1.42. The summed E-state index contributed by atoms with van der Waals surface area (Å²) < 4.78 is 11.3. The Balaban J connectivity index is 2.76. The summed E-state index contributed by atoms with van der Waals surface area (Å²) in [5, 5.41) is 6.63. The van der Waals surface area contributed by atoms with Gasteiger partial charge in [0.25, 0.3) is 0 Å². The van der Waals surface area contributed by atoms with Gasteiger partial charge in [0.1, 0.15) is 0 Å². The molecular formula is C19H34N4O2. The average Bonchev–Trinajstić information content (AvgIpc) is 2.57. The summed E-state index contributed by atoms with van der Waals surface area (Å²) in [6, 6.07) is 3.91. The molecule has 2 N–H and O–H groups in total. The molecule has 142 valence electrons. The second-order valence-electron chi connectivity index (χ2n) is 6.98. The molecule has 0 fully saturated rings. The summed E-state index contributed by atoms with van der Waals surface area (Å²) in [6.45, 7) is 13.3. The first-order valence-electron chi connectivity index (χ1n) is 9.04. The highest BCUT2D eigenvalue weighted by Gasteiger charge is 2.24. The zero-order chi connectivity index (χ0) is 18.7. The van der Waals surface area contributed by atoms with Crippen LogP contribution in [0.4, 0.5) is 0 Å². The fraction of sp³-hybridized carbons (Fsp3) is 0.684. The highest BCUT2D eigenvalue weighted by atomic mass is 16.5. The molecule has 1 heterocycles. The van der Waals surface area contributed by atoms with Crippen LogP contribution < -0.4 is 15.4 Å². The second-order valence-corrected chi connectivity index (χ2v) is 6.98. The van der Waals surface area contributed by atoms with E-state index in [1.807, 2.05) is 12.1 Å². The zero-order valence-corrected chi connectivity index (χ0v) is 16.6. The Hall–Kier alpha value is -1.82. The molecule has 1 rings (SSSR count). The molecule has 0 saturated heterocycles. The molecule has 0 aliphatic rings. The maximum atomic E-state index is 5.70. The lowest BCUT2D eigenvalue weighted by molar-refractivity contribution is 0.0205. The van der Waals surface area contributed by atoms with Gasteiger partial charge >= 0.3 is 0 Å². The van der Waals surface area contributed by atoms with Gasteiger partial charge in [0.15, 0.2) is 5.96 Å². The number of pyridine rings is 1. The topological polar surface area (TPSA) is 67.8 Å². The van der Waals surface area contributed by atoms with Gasteiger partial charge in [-0.05, 0) is 24.8 Å². The van der Waals surface area contributed by atoms with E-state index >= 15 is 0 Å². The van der Waals surface area contributed by atoms with Gasteiger partial charge in [-0.2, -0.15) is 0 Å². The van der Waals surface area contributed by atoms with Gasteiger partial charge in [-0.1, -0.05) is 33.8 Å². The van der Waals surface area contributed by atoms with Crippen molar-refractivity contribution < 1.29 is 9.47 Å². The molecule has 0 aromatic carbocycles. The van der Waals surface area contributed by atoms with Gasteiger partial charge in [-0.25, -0.2) is 9.98 Å². The molecule has 0 aliphatic carbocycles. The van der Waals surface area contributed by atoms with E-state index in [0.717, 1.165) is 24.5 Å². The number of methoxy groups -OCH3 is 1. The number of aliphatic imine (C=N–C) groups is 1. The van der Waals surface area contributed by atoms with Gasteiger partial charge in [0.05, 0.1) is 19.3 Å². The maximum absolute atomic E-state index is 5.70. The maximum Gasteiger partial charge on any atom is 0.218 e. The van der Waals surface area contributed by atoms with Crippen LogP contribution in [0.15, 0.2) is 23.3 Å². The van der Waals surface area contributed by atoms with Crippen LogP contribution in [0.1, 0.15) is 46.6 Å². The van der Waals surface area contributed by atoms with Gasteiger partial charge in [0, 0.05) is 32.0 Å². The van der Waals surface area contributed by atoms with Crippen molar-refractivity contribution in [2.45, 2.75) is 53.7 Å². The van der Waals surface area contributed by atoms with Gasteiger partial charge in [0.2, 0.25) is 5.88 Å². The molecule has 1 unspecified atom stereocenters. The largest absolute Gasteiger partial charge is 0.477 e. The summed E-state index contributed by atoms with van der Waals surface area (Å²) in [6.07, 6.45) is 2.79. The molecule has 1 atom stereocenters. The van der Waals surface area contributed by atoms with E-state index in [4.69, 9.17) is 9.47 Å². The van der Waals surface area contributed by atoms with Crippen molar-refractivity contribution in [3.05, 3.63) is 23.9 Å². The van der Waals surface area contributed by atoms with Crippen molar-refractivity contribution in [2.75, 3.05) is 26.8 Å². The Kier molecular flexibility index (Phi) is 9.27. The lowest BCUT2D eigenvalue weighted by Crippen LogP contribution is -2.45. The molecule has 25 heavy (non-hydrogen) atoms. The van der Waals surface area contributed by atoms with Crippen molar-refractivity contribution in [3.8, 4) is 5.88 Å². The third-order valence-electron chi connectivity index (χ3n) is 3.75. The number of ether oxygens (including phenoxy) is 2. The minimum atomic E-state index is 0.0591. The predicted octanol–water partition coefficient (Wildman–Crippen LogP) is 2.99. The van der Waals surface area contributed by atoms with E-state index in [2.05, 4.69) is 55.2 Å². The molecule has 6 heteroatoms. The quantitative estimate of drug-likeness (QED) is 0.529. The van der Waals surface area contributed by atoms with Crippen LogP contribution in [0.2, 0.25) is 0 Å². The monoisotopic (exact) mass is 350 g/mol. The number of aromatic nitrogens is 1. The molecule has 6 nitrogen and oxygen atoms in total. The lowest BCUT2D eigenvalue weighted by Gasteiger charge is -2.30. The molecule has 0 amide bonds. The summed E-state index contributed by atoms with van der Waals surface area (Å²) in [5.41, 5.74) is 1.04. The SMILES string of the molecule is CCCOc1ncccc1CN=C(NCC)NCC(OC)C(C)(C)C. The minimum absolute atomic E-state index is 0.0591. The molecule has 0 saturated carbocycles. The number of nitrogens with zero attached hydrogens (tertiary/aromatic N) is 2. The third-order valence-corrected chi connectivity index (χ3v) is 3.75. The van der Waals surface area contributed by atoms with Gasteiger partial charge < -0.3 is 20.1 Å². The second kappa shape index (κ2) is 10.9. The molecule has 1 aromatic rings. The Labute approximate surface area is 152 Å². The molecule has 0 spiro atoms. The van der Waals surface area contributed by atoms with Crippen LogP contribution in [0, 0.1) is 5.41 Å². The average molecular weight is 351 g/mol. The standard InChI is InChI=1S/C19H34N4O2/c1-7-12-25-17-15(10-9-11-21-17)13-22-18(20-8-2)23-14-16(24-6)19(3,4)5/h9-11,16H,7-8,12-14H2,1-6H3,(H2,20,22,23). The van der Waals surface area contributed by atoms with Crippen LogP contribution in [-0.2, 0) is 11.3 Å². The fourth-order valence-electron chi connectivity index (χ4n) is 2.31. The van der Waals surface area contributed by atoms with E-state index < -0.39 is 0 Å². The van der Waals surface area contributed by atoms with E-state index in [1.54, 1.807) is 13.3 Å². The van der Waals surface area contributed by atoms with Crippen molar-refractivity contribution in [3.63, 3.8) is 0 Å². The fourth-order valence-corrected chi connectivity index (χ4v) is 2.31. The first kappa shape index (κ1) is 21.2. The smallest absolute Gasteiger partial charge is 0.218 e. The molecule has 0 radical (unpaired) electrons. The van der Waals surface area contributed by atoms with Crippen LogP contribution in [0.5, 0.6) is 5.88 Å². The van der Waals surface area contributed by atoms with Gasteiger partial charge in [-0.15, -0.1) is 0 Å². The molecule has 1 aromatic heterocycles. The predicted molar refractivity (Wildman–Crippen MR) is 103 cm³/mol. The van der Waals surface area contributed by atoms with Crippen molar-refractivity contribution in [2.24, 2.45) is 10.4 Å². The summed E-state index contributed by atoms with van der Waals surface area (Å²) in [7, 11) is 1.74. The highest BCUT2D eigenvalue weighted by molar-refractivity contribution is 5.79. The molecular weight excluding hydrogens is 316 g/mol. The first-order chi connectivity index (χ1) is 11.9. The number of nitrogens with one attached hydrogen (secondary N) is 2.